The molecule has 0 amide bonds. The second-order valence-electron chi connectivity index (χ2n) is 7.48. The number of hydrogen-bond donors (Lipinski definition) is 2. The maximum atomic E-state index is 12.9. The molecule has 29 heavy (non-hydrogen) atoms. The van der Waals surface area contributed by atoms with E-state index in [0.717, 1.165) is 41.0 Å². The van der Waals surface area contributed by atoms with Crippen molar-refractivity contribution in [3.8, 4) is 11.3 Å². The number of halogens is 1. The third-order valence-corrected chi connectivity index (χ3v) is 5.66. The quantitative estimate of drug-likeness (QED) is 0.523. The molecular formula is C20H23FN8. The third-order valence-electron chi connectivity index (χ3n) is 5.66. The van der Waals surface area contributed by atoms with Crippen molar-refractivity contribution in [2.75, 3.05) is 19.0 Å². The predicted octanol–water partition coefficient (Wildman–Crippen LogP) is 2.58. The van der Waals surface area contributed by atoms with Crippen LogP contribution in [0.4, 0.5) is 10.3 Å². The van der Waals surface area contributed by atoms with Gasteiger partial charge in [-0.05, 0) is 45.0 Å². The molecule has 1 saturated carbocycles. The summed E-state index contributed by atoms with van der Waals surface area (Å²) in [6.45, 7) is 1.67. The number of anilines is 1. The molecule has 2 N–H and O–H groups in total. The zero-order valence-corrected chi connectivity index (χ0v) is 16.4. The van der Waals surface area contributed by atoms with Gasteiger partial charge in [0.1, 0.15) is 18.0 Å². The summed E-state index contributed by atoms with van der Waals surface area (Å²) in [5, 5.41) is 11.2. The summed E-state index contributed by atoms with van der Waals surface area (Å²) >= 11 is 0. The highest BCUT2D eigenvalue weighted by Gasteiger charge is 2.28. The molecule has 0 radical (unpaired) electrons. The van der Waals surface area contributed by atoms with Gasteiger partial charge in [0.05, 0.1) is 24.0 Å². The van der Waals surface area contributed by atoms with Gasteiger partial charge in [-0.3, -0.25) is 0 Å². The molecule has 4 aromatic heterocycles. The van der Waals surface area contributed by atoms with E-state index >= 15 is 0 Å². The summed E-state index contributed by atoms with van der Waals surface area (Å²) in [7, 11) is 1.99. The normalized spacial score (nSPS) is 19.0. The molecule has 1 fully saturated rings. The van der Waals surface area contributed by atoms with Crippen molar-refractivity contribution in [2.45, 2.75) is 38.4 Å². The third kappa shape index (κ3) is 3.11. The Kier molecular flexibility index (Phi) is 4.39. The van der Waals surface area contributed by atoms with E-state index in [-0.39, 0.29) is 6.54 Å². The van der Waals surface area contributed by atoms with Crippen LogP contribution < -0.4 is 10.6 Å². The Morgan fingerprint density at radius 3 is 2.83 bits per heavy atom. The Hall–Kier alpha value is -3.07. The molecular weight excluding hydrogens is 371 g/mol. The van der Waals surface area contributed by atoms with E-state index in [1.165, 1.54) is 0 Å². The zero-order chi connectivity index (χ0) is 20.0. The Labute approximate surface area is 167 Å². The molecule has 0 spiro atoms. The summed E-state index contributed by atoms with van der Waals surface area (Å²) in [6.07, 6.45) is 5.87. The van der Waals surface area contributed by atoms with Crippen molar-refractivity contribution in [3.63, 3.8) is 0 Å². The number of alkyl halides is 1. The Morgan fingerprint density at radius 1 is 1.17 bits per heavy atom. The lowest BCUT2D eigenvalue weighted by Gasteiger charge is -2.35. The van der Waals surface area contributed by atoms with Crippen LogP contribution in [0.3, 0.4) is 0 Å². The molecule has 4 heterocycles. The van der Waals surface area contributed by atoms with Crippen molar-refractivity contribution < 1.29 is 4.39 Å². The number of nitrogens with one attached hydrogen (secondary N) is 2. The topological polar surface area (TPSA) is 85.0 Å². The van der Waals surface area contributed by atoms with E-state index in [1.807, 2.05) is 53.6 Å². The minimum Gasteiger partial charge on any atom is -0.350 e. The van der Waals surface area contributed by atoms with Gasteiger partial charge in [0.25, 0.3) is 0 Å². The predicted molar refractivity (Wildman–Crippen MR) is 110 cm³/mol. The smallest absolute Gasteiger partial charge is 0.241 e. The fourth-order valence-electron chi connectivity index (χ4n) is 3.95. The fraction of sp³-hybridized carbons (Fsp3) is 0.400. The summed E-state index contributed by atoms with van der Waals surface area (Å²) < 4.78 is 16.6. The highest BCUT2D eigenvalue weighted by Crippen LogP contribution is 2.27. The first-order chi connectivity index (χ1) is 14.2. The molecule has 0 unspecified atom stereocenters. The van der Waals surface area contributed by atoms with Gasteiger partial charge in [0, 0.05) is 23.8 Å². The van der Waals surface area contributed by atoms with Crippen molar-refractivity contribution in [1.29, 1.82) is 0 Å². The van der Waals surface area contributed by atoms with Crippen LogP contribution in [0.25, 0.3) is 27.9 Å². The number of rotatable bonds is 6. The van der Waals surface area contributed by atoms with E-state index in [0.29, 0.717) is 23.7 Å². The van der Waals surface area contributed by atoms with Crippen LogP contribution in [0.5, 0.6) is 0 Å². The van der Waals surface area contributed by atoms with Gasteiger partial charge in [-0.25, -0.2) is 23.9 Å². The zero-order valence-electron chi connectivity index (χ0n) is 16.4. The number of imidazole rings is 1. The number of pyridine rings is 1. The van der Waals surface area contributed by atoms with Gasteiger partial charge in [-0.1, -0.05) is 0 Å². The Morgan fingerprint density at radius 2 is 2.03 bits per heavy atom. The first kappa shape index (κ1) is 18.0. The van der Waals surface area contributed by atoms with Crippen LogP contribution in [0.1, 0.15) is 18.7 Å². The first-order valence-electron chi connectivity index (χ1n) is 9.84. The lowest BCUT2D eigenvalue weighted by Crippen LogP contribution is -2.46. The molecule has 0 saturated heterocycles. The number of fused-ring (bicyclic) bond motifs is 2. The Bertz CT molecular complexity index is 1170. The van der Waals surface area contributed by atoms with Crippen LogP contribution >= 0.6 is 0 Å². The van der Waals surface area contributed by atoms with Crippen LogP contribution in [-0.4, -0.2) is 54.9 Å². The van der Waals surface area contributed by atoms with Gasteiger partial charge in [0.15, 0.2) is 5.65 Å². The molecule has 9 heteroatoms. The lowest BCUT2D eigenvalue weighted by atomic mass is 9.87. The summed E-state index contributed by atoms with van der Waals surface area (Å²) in [6, 6.07) is 6.81. The van der Waals surface area contributed by atoms with Crippen LogP contribution in [0, 0.1) is 6.92 Å². The summed E-state index contributed by atoms with van der Waals surface area (Å²) in [5.41, 5.74) is 4.06. The van der Waals surface area contributed by atoms with Crippen LogP contribution in [0.2, 0.25) is 0 Å². The molecule has 1 aliphatic rings. The van der Waals surface area contributed by atoms with E-state index in [2.05, 4.69) is 25.7 Å². The second-order valence-corrected chi connectivity index (χ2v) is 7.48. The number of hydrogen-bond acceptors (Lipinski definition) is 6. The van der Waals surface area contributed by atoms with Gasteiger partial charge in [-0.2, -0.15) is 0 Å². The molecule has 0 atom stereocenters. The molecule has 5 rings (SSSR count). The molecule has 0 bridgehead atoms. The largest absolute Gasteiger partial charge is 0.350 e. The average molecular weight is 394 g/mol. The molecule has 8 nitrogen and oxygen atoms in total. The number of nitrogens with zero attached hydrogens (tertiary/aromatic N) is 6. The van der Waals surface area contributed by atoms with Gasteiger partial charge in [0.2, 0.25) is 5.95 Å². The van der Waals surface area contributed by atoms with E-state index < -0.39 is 6.67 Å². The maximum Gasteiger partial charge on any atom is 0.241 e. The van der Waals surface area contributed by atoms with Crippen LogP contribution in [-0.2, 0) is 6.54 Å². The Balaban J connectivity index is 1.46. The van der Waals surface area contributed by atoms with Crippen molar-refractivity contribution in [1.82, 2.24) is 34.4 Å². The monoisotopic (exact) mass is 394 g/mol. The van der Waals surface area contributed by atoms with Gasteiger partial charge in [-0.15, -0.1) is 5.10 Å². The molecule has 4 aromatic rings. The second kappa shape index (κ2) is 7.07. The minimum atomic E-state index is -0.451. The fourth-order valence-corrected chi connectivity index (χ4v) is 3.95. The van der Waals surface area contributed by atoms with E-state index in [4.69, 9.17) is 4.98 Å². The van der Waals surface area contributed by atoms with Gasteiger partial charge >= 0.3 is 0 Å². The highest BCUT2D eigenvalue weighted by molar-refractivity contribution is 5.82. The highest BCUT2D eigenvalue weighted by atomic mass is 19.1. The van der Waals surface area contributed by atoms with Crippen molar-refractivity contribution >= 4 is 22.6 Å². The summed E-state index contributed by atoms with van der Waals surface area (Å²) in [5.74, 6) is 1.39. The van der Waals surface area contributed by atoms with E-state index in [9.17, 15) is 4.39 Å². The standard InChI is InChI=1S/C20H23FN8/c1-12-24-17-4-3-16(26-19(17)28(12)8-6-21)15-5-7-29-18(15)11-23-20(27-29)25-14-9-13(10-14)22-2/h3-5,7,11,13-14,22H,6,8-10H2,1-2H3,(H,25,27). The number of aryl methyl sites for hydroxylation is 2. The summed E-state index contributed by atoms with van der Waals surface area (Å²) in [4.78, 5) is 13.7. The lowest BCUT2D eigenvalue weighted by molar-refractivity contribution is 0.325. The SMILES string of the molecule is CNC1CC(Nc2ncc3c(-c4ccc5nc(C)n(CCF)c5n4)ccn3n2)C1. The molecule has 150 valence electrons. The minimum absolute atomic E-state index is 0.253. The molecule has 0 aromatic carbocycles. The number of aromatic nitrogens is 6. The molecule has 0 aliphatic heterocycles. The van der Waals surface area contributed by atoms with Crippen LogP contribution in [0.15, 0.2) is 30.6 Å². The maximum absolute atomic E-state index is 12.9. The van der Waals surface area contributed by atoms with Crippen molar-refractivity contribution in [2.24, 2.45) is 0 Å². The average Bonchev–Trinajstić information content (AvgIpc) is 3.25. The van der Waals surface area contributed by atoms with Crippen molar-refractivity contribution in [3.05, 3.63) is 36.4 Å². The molecule has 1 aliphatic carbocycles. The van der Waals surface area contributed by atoms with E-state index in [1.54, 1.807) is 0 Å². The van der Waals surface area contributed by atoms with Gasteiger partial charge < -0.3 is 15.2 Å². The first-order valence-corrected chi connectivity index (χ1v) is 9.84.